The van der Waals surface area contributed by atoms with Crippen molar-refractivity contribution in [2.45, 2.75) is 64.3 Å². The van der Waals surface area contributed by atoms with Crippen LogP contribution in [0.2, 0.25) is 0 Å². The Balaban J connectivity index is 1.88. The fraction of sp³-hybridized carbons (Fsp3) is 0.652. The van der Waals surface area contributed by atoms with E-state index >= 15 is 0 Å². The lowest BCUT2D eigenvalue weighted by Crippen LogP contribution is -2.51. The zero-order chi connectivity index (χ0) is 19.4. The maximum atomic E-state index is 11.0. The van der Waals surface area contributed by atoms with Gasteiger partial charge in [0, 0.05) is 12.3 Å². The van der Waals surface area contributed by atoms with Crippen LogP contribution in [0.1, 0.15) is 51.9 Å². The minimum atomic E-state index is -0.737. The highest BCUT2D eigenvalue weighted by atomic mass is 79.9. The van der Waals surface area contributed by atoms with Crippen molar-refractivity contribution in [1.82, 2.24) is 0 Å². The first-order valence-corrected chi connectivity index (χ1v) is 11.1. The molecule has 1 N–H and O–H groups in total. The molecule has 1 saturated heterocycles. The Kier molecular flexibility index (Phi) is 7.41. The summed E-state index contributed by atoms with van der Waals surface area (Å²) in [6.07, 6.45) is 15.1. The van der Waals surface area contributed by atoms with Gasteiger partial charge in [0.25, 0.3) is 0 Å². The number of hydrogen-bond acceptors (Lipinski definition) is 3. The van der Waals surface area contributed by atoms with Crippen LogP contribution in [0.4, 0.5) is 0 Å². The molecule has 0 aromatic carbocycles. The molecule has 0 spiro atoms. The van der Waals surface area contributed by atoms with E-state index in [9.17, 15) is 5.11 Å². The monoisotopic (exact) mass is 436 g/mol. The maximum absolute atomic E-state index is 11.0. The molecule has 0 aromatic heterocycles. The highest BCUT2D eigenvalue weighted by Crippen LogP contribution is 2.50. The average Bonchev–Trinajstić information content (AvgIpc) is 2.67. The molecule has 3 aliphatic rings. The molecule has 1 heterocycles. The standard InChI is InChI=1S/C23H33BrO3/c1-4-5-6-7-15(2)21-19-13-12-18(26-3)14-20(19)27-23(25)22(21)16-8-10-17(24)11-9-16/h6-7,10,12,16,19-23,25H,2,4-5,8-9,11,13-14H2,1,3H3/b7-6-/t16-,19-,20+,21?,22?,23?/m1/s1. The van der Waals surface area contributed by atoms with Gasteiger partial charge in [-0.15, -0.1) is 0 Å². The highest BCUT2D eigenvalue weighted by Gasteiger charge is 2.49. The van der Waals surface area contributed by atoms with Crippen molar-refractivity contribution in [2.75, 3.05) is 7.11 Å². The van der Waals surface area contributed by atoms with E-state index in [1.54, 1.807) is 7.11 Å². The molecule has 0 radical (unpaired) electrons. The van der Waals surface area contributed by atoms with Gasteiger partial charge in [0.2, 0.25) is 0 Å². The number of allylic oxidation sites excluding steroid dienone is 6. The molecular formula is C23H33BrO3. The van der Waals surface area contributed by atoms with E-state index in [4.69, 9.17) is 9.47 Å². The van der Waals surface area contributed by atoms with Crippen LogP contribution in [-0.2, 0) is 9.47 Å². The second kappa shape index (κ2) is 9.58. The predicted octanol–water partition coefficient (Wildman–Crippen LogP) is 5.87. The summed E-state index contributed by atoms with van der Waals surface area (Å²) < 4.78 is 12.9. The van der Waals surface area contributed by atoms with Gasteiger partial charge in [-0.3, -0.25) is 0 Å². The minimum absolute atomic E-state index is 0.00314. The van der Waals surface area contributed by atoms with Gasteiger partial charge in [0.1, 0.15) is 0 Å². The van der Waals surface area contributed by atoms with Gasteiger partial charge < -0.3 is 14.6 Å². The van der Waals surface area contributed by atoms with Crippen molar-refractivity contribution >= 4 is 15.9 Å². The number of halogens is 1. The summed E-state index contributed by atoms with van der Waals surface area (Å²) in [4.78, 5) is 0. The molecule has 6 atom stereocenters. The third kappa shape index (κ3) is 4.78. The number of aliphatic hydroxyl groups is 1. The van der Waals surface area contributed by atoms with E-state index in [2.05, 4.69) is 53.7 Å². The number of fused-ring (bicyclic) bond motifs is 1. The minimum Gasteiger partial charge on any atom is -0.501 e. The second-order valence-corrected chi connectivity index (χ2v) is 9.12. The number of methoxy groups -OCH3 is 1. The van der Waals surface area contributed by atoms with Crippen LogP contribution in [0.25, 0.3) is 0 Å². The molecule has 4 heteroatoms. The molecule has 27 heavy (non-hydrogen) atoms. The van der Waals surface area contributed by atoms with Crippen molar-refractivity contribution in [3.05, 3.63) is 46.7 Å². The third-order valence-electron chi connectivity index (χ3n) is 6.44. The Hall–Kier alpha value is -0.840. The van der Waals surface area contributed by atoms with Crippen LogP contribution in [0, 0.1) is 23.7 Å². The Morgan fingerprint density at radius 1 is 1.41 bits per heavy atom. The van der Waals surface area contributed by atoms with Crippen molar-refractivity contribution < 1.29 is 14.6 Å². The first-order chi connectivity index (χ1) is 13.0. The van der Waals surface area contributed by atoms with E-state index in [1.807, 2.05) is 0 Å². The smallest absolute Gasteiger partial charge is 0.158 e. The summed E-state index contributed by atoms with van der Waals surface area (Å²) >= 11 is 3.63. The van der Waals surface area contributed by atoms with Gasteiger partial charge in [-0.05, 0) is 60.4 Å². The number of hydrogen-bond donors (Lipinski definition) is 1. The summed E-state index contributed by atoms with van der Waals surface area (Å²) in [6.45, 7) is 6.63. The van der Waals surface area contributed by atoms with Crippen molar-refractivity contribution in [1.29, 1.82) is 0 Å². The fourth-order valence-corrected chi connectivity index (χ4v) is 5.43. The van der Waals surface area contributed by atoms with Crippen molar-refractivity contribution in [2.24, 2.45) is 23.7 Å². The lowest BCUT2D eigenvalue weighted by Gasteiger charge is -2.50. The number of unbranched alkanes of at least 4 members (excludes halogenated alkanes) is 1. The first-order valence-electron chi connectivity index (χ1n) is 10.3. The van der Waals surface area contributed by atoms with Crippen LogP contribution in [0.3, 0.4) is 0 Å². The highest BCUT2D eigenvalue weighted by molar-refractivity contribution is 9.11. The van der Waals surface area contributed by atoms with E-state index in [0.29, 0.717) is 11.8 Å². The molecule has 1 fully saturated rings. The molecule has 150 valence electrons. The van der Waals surface area contributed by atoms with Gasteiger partial charge in [-0.2, -0.15) is 0 Å². The summed E-state index contributed by atoms with van der Waals surface area (Å²) in [5.74, 6) is 2.09. The van der Waals surface area contributed by atoms with Gasteiger partial charge in [-0.1, -0.05) is 59.7 Å². The van der Waals surface area contributed by atoms with Crippen LogP contribution in [-0.4, -0.2) is 24.6 Å². The lowest BCUT2D eigenvalue weighted by atomic mass is 9.63. The average molecular weight is 437 g/mol. The van der Waals surface area contributed by atoms with E-state index < -0.39 is 6.29 Å². The Bertz CT molecular complexity index is 621. The van der Waals surface area contributed by atoms with Gasteiger partial charge in [-0.25, -0.2) is 0 Å². The number of rotatable bonds is 6. The molecule has 2 aliphatic carbocycles. The van der Waals surface area contributed by atoms with Gasteiger partial charge in [0.15, 0.2) is 6.29 Å². The Morgan fingerprint density at radius 2 is 2.22 bits per heavy atom. The molecule has 0 amide bonds. The van der Waals surface area contributed by atoms with Crippen molar-refractivity contribution in [3.8, 4) is 0 Å². The van der Waals surface area contributed by atoms with Crippen LogP contribution >= 0.6 is 15.9 Å². The lowest BCUT2D eigenvalue weighted by molar-refractivity contribution is -0.241. The van der Waals surface area contributed by atoms with Crippen LogP contribution in [0.15, 0.2) is 46.7 Å². The Labute approximate surface area is 172 Å². The van der Waals surface area contributed by atoms with E-state index in [1.165, 1.54) is 4.48 Å². The quantitative estimate of drug-likeness (QED) is 0.529. The largest absolute Gasteiger partial charge is 0.501 e. The van der Waals surface area contributed by atoms with Crippen molar-refractivity contribution in [3.63, 3.8) is 0 Å². The molecule has 0 aromatic rings. The van der Waals surface area contributed by atoms with Crippen LogP contribution in [0.5, 0.6) is 0 Å². The predicted molar refractivity (Wildman–Crippen MR) is 113 cm³/mol. The normalized spacial score (nSPS) is 36.7. The molecule has 0 saturated carbocycles. The summed E-state index contributed by atoms with van der Waals surface area (Å²) in [6, 6.07) is 0. The molecule has 3 nitrogen and oxygen atoms in total. The summed E-state index contributed by atoms with van der Waals surface area (Å²) in [5.41, 5.74) is 1.15. The molecule has 0 bridgehead atoms. The topological polar surface area (TPSA) is 38.7 Å². The Morgan fingerprint density at radius 3 is 2.89 bits per heavy atom. The second-order valence-electron chi connectivity index (χ2n) is 8.10. The first kappa shape index (κ1) is 20.9. The zero-order valence-electron chi connectivity index (χ0n) is 16.6. The summed E-state index contributed by atoms with van der Waals surface area (Å²) in [5, 5.41) is 11.0. The van der Waals surface area contributed by atoms with Gasteiger partial charge in [0.05, 0.1) is 19.0 Å². The molecule has 3 rings (SSSR count). The fourth-order valence-electron chi connectivity index (χ4n) is 5.01. The third-order valence-corrected chi connectivity index (χ3v) is 7.16. The van der Waals surface area contributed by atoms with Gasteiger partial charge >= 0.3 is 0 Å². The van der Waals surface area contributed by atoms with Crippen LogP contribution < -0.4 is 0 Å². The molecule has 1 aliphatic heterocycles. The molecule has 3 unspecified atom stereocenters. The van der Waals surface area contributed by atoms with E-state index in [0.717, 1.165) is 56.3 Å². The SMILES string of the molecule is C=C(/C=C\CCC)C1C([C@@H]2CC=C(Br)CC2)C(O)O[C@H]2CC(OC)=CC[C@@H]12. The summed E-state index contributed by atoms with van der Waals surface area (Å²) in [7, 11) is 1.71. The zero-order valence-corrected chi connectivity index (χ0v) is 18.2. The van der Waals surface area contributed by atoms with E-state index in [-0.39, 0.29) is 17.9 Å². The molecular weight excluding hydrogens is 404 g/mol. The maximum Gasteiger partial charge on any atom is 0.158 e. The number of aliphatic hydroxyl groups excluding tert-OH is 1. The number of ether oxygens (including phenoxy) is 2.